The molecule has 0 rings (SSSR count). The molecule has 0 aliphatic carbocycles. The molecular formula is H4Cl2O2. The van der Waals surface area contributed by atoms with Crippen LogP contribution < -0.4 is 0 Å². The van der Waals surface area contributed by atoms with Crippen LogP contribution in [0.1, 0.15) is 0 Å². The number of rotatable bonds is 0. The van der Waals surface area contributed by atoms with Crippen LogP contribution in [0.5, 0.6) is 0 Å². The number of halogens is 2. The van der Waals surface area contributed by atoms with Gasteiger partial charge in [-0.15, -0.1) is 12.4 Å². The maximum absolute atomic E-state index is 6.47. The summed E-state index contributed by atoms with van der Waals surface area (Å²) in [5, 5.41) is 0. The third-order valence-corrected chi connectivity index (χ3v) is 0. The summed E-state index contributed by atoms with van der Waals surface area (Å²) >= 11 is 3.64. The van der Waals surface area contributed by atoms with Gasteiger partial charge in [0.15, 0.2) is 0 Å². The van der Waals surface area contributed by atoms with Gasteiger partial charge in [-0.1, -0.05) is 0 Å². The zero-order valence-electron chi connectivity index (χ0n) is 1.73. The standard InChI is InChI=1S/ClHO.ClH.H2O/c1-2;;/h2H;1H;1H2. The van der Waals surface area contributed by atoms with E-state index >= 15 is 0 Å². The van der Waals surface area contributed by atoms with Crippen molar-refractivity contribution >= 4 is 24.3 Å². The van der Waals surface area contributed by atoms with E-state index in [2.05, 4.69) is 11.9 Å². The van der Waals surface area contributed by atoms with Gasteiger partial charge in [-0.2, -0.15) is 0 Å². The fraction of sp³-hybridized carbons (Fsp3) is 0. The SMILES string of the molecule is Cl.O.OCl. The van der Waals surface area contributed by atoms with Gasteiger partial charge in [0, 0.05) is 0 Å². The van der Waals surface area contributed by atoms with Gasteiger partial charge in [-0.05, 0) is 0 Å². The molecule has 0 aromatic heterocycles. The molecule has 0 atom stereocenters. The molecule has 30 valence electrons. The molecule has 0 amide bonds. The van der Waals surface area contributed by atoms with Crippen molar-refractivity contribution in [1.82, 2.24) is 0 Å². The highest BCUT2D eigenvalue weighted by Gasteiger charge is 0.897. The van der Waals surface area contributed by atoms with Crippen LogP contribution in [0.3, 0.4) is 0 Å². The van der Waals surface area contributed by atoms with E-state index in [1.165, 1.54) is 0 Å². The van der Waals surface area contributed by atoms with E-state index < -0.39 is 0 Å². The summed E-state index contributed by atoms with van der Waals surface area (Å²) < 4.78 is 6.47. The first-order valence-electron chi connectivity index (χ1n) is 0.169. The van der Waals surface area contributed by atoms with Crippen LogP contribution in [-0.2, 0) is 0 Å². The Morgan fingerprint density at radius 3 is 1.25 bits per heavy atom. The quantitative estimate of drug-likeness (QED) is 0.455. The van der Waals surface area contributed by atoms with Crippen LogP contribution in [0, 0.1) is 0 Å². The van der Waals surface area contributed by atoms with Crippen molar-refractivity contribution < 1.29 is 10.1 Å². The molecule has 3 N–H and O–H groups in total. The summed E-state index contributed by atoms with van der Waals surface area (Å²) in [4.78, 5) is 0. The summed E-state index contributed by atoms with van der Waals surface area (Å²) in [7, 11) is 0. The van der Waals surface area contributed by atoms with E-state index in [4.69, 9.17) is 4.66 Å². The second-order valence-corrected chi connectivity index (χ2v) is 0. The molecule has 0 saturated heterocycles. The highest BCUT2D eigenvalue weighted by Crippen LogP contribution is 1.31. The van der Waals surface area contributed by atoms with Gasteiger partial charge in [0.2, 0.25) is 0 Å². The average molecular weight is 107 g/mol. The lowest BCUT2D eigenvalue weighted by Crippen LogP contribution is -0.913. The van der Waals surface area contributed by atoms with Crippen LogP contribution in [0.2, 0.25) is 0 Å². The molecule has 4 heteroatoms. The van der Waals surface area contributed by atoms with Gasteiger partial charge in [-0.25, -0.2) is 0 Å². The van der Waals surface area contributed by atoms with Crippen LogP contribution in [-0.4, -0.2) is 10.1 Å². The molecular weight excluding hydrogens is 103 g/mol. The largest absolute Gasteiger partial charge is 0.412 e. The monoisotopic (exact) mass is 106 g/mol. The van der Waals surface area contributed by atoms with Crippen LogP contribution in [0.15, 0.2) is 0 Å². The Balaban J connectivity index is -0.00000000500. The zero-order chi connectivity index (χ0) is 2.00. The number of hydrogen-bond donors (Lipinski definition) is 1. The minimum atomic E-state index is 0. The normalized spacial score (nSPS) is 1.50. The lowest BCUT2D eigenvalue weighted by Gasteiger charge is -1.13. The van der Waals surface area contributed by atoms with E-state index in [0.717, 1.165) is 0 Å². The van der Waals surface area contributed by atoms with E-state index in [9.17, 15) is 0 Å². The van der Waals surface area contributed by atoms with Crippen molar-refractivity contribution in [2.45, 2.75) is 0 Å². The van der Waals surface area contributed by atoms with Gasteiger partial charge in [-0.3, -0.25) is 4.66 Å². The van der Waals surface area contributed by atoms with Crippen molar-refractivity contribution in [3.8, 4) is 0 Å². The highest BCUT2D eigenvalue weighted by molar-refractivity contribution is 6.04. The maximum atomic E-state index is 6.47. The van der Waals surface area contributed by atoms with Crippen LogP contribution >= 0.6 is 24.3 Å². The van der Waals surface area contributed by atoms with Crippen molar-refractivity contribution in [3.05, 3.63) is 0 Å². The first kappa shape index (κ1) is 24.5. The summed E-state index contributed by atoms with van der Waals surface area (Å²) in [5.41, 5.74) is 0. The van der Waals surface area contributed by atoms with Crippen molar-refractivity contribution in [1.29, 1.82) is 0 Å². The third kappa shape index (κ3) is 22.5. The fourth-order valence-electron chi connectivity index (χ4n) is 0. The molecule has 0 bridgehead atoms. The second kappa shape index (κ2) is 87.5. The van der Waals surface area contributed by atoms with Crippen molar-refractivity contribution in [2.24, 2.45) is 0 Å². The predicted octanol–water partition coefficient (Wildman–Crippen LogP) is -0.270. The first-order chi connectivity index (χ1) is 1.00. The van der Waals surface area contributed by atoms with Crippen molar-refractivity contribution in [2.75, 3.05) is 0 Å². The van der Waals surface area contributed by atoms with E-state index in [-0.39, 0.29) is 17.9 Å². The number of hydrogen-bond acceptors (Lipinski definition) is 1. The topological polar surface area (TPSA) is 51.7 Å². The molecule has 2 nitrogen and oxygen atoms in total. The Bertz CT molecular complexity index is 4.00. The summed E-state index contributed by atoms with van der Waals surface area (Å²) in [5.74, 6) is 0. The molecule has 0 saturated carbocycles. The summed E-state index contributed by atoms with van der Waals surface area (Å²) in [6.07, 6.45) is 0. The minimum Gasteiger partial charge on any atom is -0.412 e. The Morgan fingerprint density at radius 1 is 1.25 bits per heavy atom. The molecule has 0 spiro atoms. The Hall–Kier alpha value is 0.500. The van der Waals surface area contributed by atoms with Crippen LogP contribution in [0.4, 0.5) is 0 Å². The average Bonchev–Trinajstić information content (AvgIpc) is 1.00. The van der Waals surface area contributed by atoms with Gasteiger partial charge in [0.1, 0.15) is 0 Å². The molecule has 0 aliphatic rings. The second-order valence-electron chi connectivity index (χ2n) is 0. The Morgan fingerprint density at radius 2 is 1.25 bits per heavy atom. The molecule has 0 aromatic carbocycles. The van der Waals surface area contributed by atoms with Gasteiger partial charge in [0.05, 0.1) is 11.9 Å². The minimum absolute atomic E-state index is 0. The predicted molar refractivity (Wildman–Crippen MR) is 18.9 cm³/mol. The van der Waals surface area contributed by atoms with Gasteiger partial charge < -0.3 is 5.48 Å². The smallest absolute Gasteiger partial charge is 0.0579 e. The maximum Gasteiger partial charge on any atom is 0.0579 e. The third-order valence-electron chi connectivity index (χ3n) is 0. The highest BCUT2D eigenvalue weighted by atomic mass is 35.5. The zero-order valence-corrected chi connectivity index (χ0v) is 3.31. The van der Waals surface area contributed by atoms with Gasteiger partial charge in [0.25, 0.3) is 0 Å². The molecule has 0 aliphatic heterocycles. The molecule has 0 heterocycles. The van der Waals surface area contributed by atoms with E-state index in [0.29, 0.717) is 0 Å². The lowest BCUT2D eigenvalue weighted by atomic mass is 15.9. The molecule has 0 unspecified atom stereocenters. The first-order valence-corrected chi connectivity index (χ1v) is 0.507. The Kier molecular flexibility index (Phi) is 536. The summed E-state index contributed by atoms with van der Waals surface area (Å²) in [6, 6.07) is 0. The molecule has 0 radical (unpaired) electrons. The fourth-order valence-corrected chi connectivity index (χ4v) is 0. The van der Waals surface area contributed by atoms with E-state index in [1.807, 2.05) is 0 Å². The molecule has 0 aromatic rings. The van der Waals surface area contributed by atoms with E-state index in [1.54, 1.807) is 0 Å². The Labute approximate surface area is 35.3 Å². The van der Waals surface area contributed by atoms with Crippen molar-refractivity contribution in [3.63, 3.8) is 0 Å². The van der Waals surface area contributed by atoms with Gasteiger partial charge >= 0.3 is 0 Å². The lowest BCUT2D eigenvalue weighted by molar-refractivity contribution is 0.632. The molecule has 4 heavy (non-hydrogen) atoms. The summed E-state index contributed by atoms with van der Waals surface area (Å²) in [6.45, 7) is 0. The molecule has 0 fully saturated rings. The van der Waals surface area contributed by atoms with Crippen LogP contribution in [0.25, 0.3) is 0 Å².